The van der Waals surface area contributed by atoms with Crippen molar-refractivity contribution in [3.05, 3.63) is 36.5 Å². The monoisotopic (exact) mass is 1150 g/mol. The molecule has 476 valence electrons. The van der Waals surface area contributed by atoms with E-state index in [0.29, 0.717) is 13.0 Å². The predicted octanol–water partition coefficient (Wildman–Crippen LogP) is 13.6. The van der Waals surface area contributed by atoms with Crippen LogP contribution < -0.4 is 0 Å². The van der Waals surface area contributed by atoms with Crippen molar-refractivity contribution in [2.45, 2.75) is 351 Å². The largest absolute Gasteiger partial charge is 0.457 e. The number of unbranched alkanes of at least 4 members (excludes halogenated alkanes) is 36. The smallest absolute Gasteiger partial charge is 0.306 e. The maximum Gasteiger partial charge on any atom is 0.306 e. The minimum absolute atomic E-state index is 0.0580. The van der Waals surface area contributed by atoms with Gasteiger partial charge in [0.2, 0.25) is 0 Å². The van der Waals surface area contributed by atoms with E-state index in [-0.39, 0.29) is 25.6 Å². The van der Waals surface area contributed by atoms with Crippen molar-refractivity contribution in [2.24, 2.45) is 0 Å². The third kappa shape index (κ3) is 39.5. The molecule has 11 atom stereocenters. The van der Waals surface area contributed by atoms with Crippen LogP contribution >= 0.6 is 0 Å². The molecule has 2 saturated heterocycles. The second-order valence-corrected chi connectivity index (χ2v) is 23.7. The van der Waals surface area contributed by atoms with Crippen molar-refractivity contribution < 1.29 is 69.0 Å². The van der Waals surface area contributed by atoms with E-state index in [1.807, 2.05) is 0 Å². The summed E-state index contributed by atoms with van der Waals surface area (Å²) >= 11 is 0. The van der Waals surface area contributed by atoms with E-state index in [1.54, 1.807) is 0 Å². The van der Waals surface area contributed by atoms with Crippen molar-refractivity contribution in [3.63, 3.8) is 0 Å². The van der Waals surface area contributed by atoms with Crippen molar-refractivity contribution in [1.29, 1.82) is 0 Å². The highest BCUT2D eigenvalue weighted by atomic mass is 16.7. The number of aliphatic hydroxyl groups excluding tert-OH is 7. The molecule has 0 bridgehead atoms. The molecule has 11 unspecified atom stereocenters. The molecule has 0 aliphatic carbocycles. The highest BCUT2D eigenvalue weighted by Crippen LogP contribution is 2.27. The molecule has 81 heavy (non-hydrogen) atoms. The molecule has 7 N–H and O–H groups in total. The molecule has 2 rings (SSSR count). The van der Waals surface area contributed by atoms with Gasteiger partial charge >= 0.3 is 5.97 Å². The fraction of sp³-hybridized carbons (Fsp3) is 0.896. The first-order valence-corrected chi connectivity index (χ1v) is 33.6. The molecule has 2 aliphatic heterocycles. The Bertz CT molecular complexity index is 1480. The first kappa shape index (κ1) is 75.3. The fourth-order valence-corrected chi connectivity index (χ4v) is 10.8. The first-order chi connectivity index (χ1) is 39.6. The quantitative estimate of drug-likeness (QED) is 0.0171. The summed E-state index contributed by atoms with van der Waals surface area (Å²) < 4.78 is 34.5. The molecule has 0 spiro atoms. The van der Waals surface area contributed by atoms with Crippen LogP contribution in [0.25, 0.3) is 0 Å². The number of aliphatic hydroxyl groups is 7. The highest BCUT2D eigenvalue weighted by Gasteiger charge is 2.47. The maximum absolute atomic E-state index is 13.1. The van der Waals surface area contributed by atoms with Gasteiger partial charge < -0.3 is 64.2 Å². The topological polar surface area (TPSA) is 214 Å². The minimum Gasteiger partial charge on any atom is -0.457 e. The maximum atomic E-state index is 13.1. The predicted molar refractivity (Wildman–Crippen MR) is 326 cm³/mol. The zero-order valence-electron chi connectivity index (χ0n) is 51.5. The number of hydrogen-bond donors (Lipinski definition) is 7. The third-order valence-corrected chi connectivity index (χ3v) is 16.2. The molecule has 2 aliphatic rings. The van der Waals surface area contributed by atoms with E-state index < -0.39 is 80.7 Å². The van der Waals surface area contributed by atoms with Crippen LogP contribution in [0.5, 0.6) is 0 Å². The van der Waals surface area contributed by atoms with E-state index in [1.165, 1.54) is 199 Å². The highest BCUT2D eigenvalue weighted by molar-refractivity contribution is 5.69. The van der Waals surface area contributed by atoms with E-state index in [0.717, 1.165) is 57.8 Å². The number of allylic oxidation sites excluding steroid dienone is 6. The van der Waals surface area contributed by atoms with Gasteiger partial charge in [0, 0.05) is 13.0 Å². The molecule has 0 aromatic heterocycles. The fourth-order valence-electron chi connectivity index (χ4n) is 10.8. The van der Waals surface area contributed by atoms with Gasteiger partial charge in [0.25, 0.3) is 0 Å². The summed E-state index contributed by atoms with van der Waals surface area (Å²) in [7, 11) is 0. The molecule has 14 heteroatoms. The molecule has 2 heterocycles. The third-order valence-electron chi connectivity index (χ3n) is 16.2. The molecule has 0 radical (unpaired) electrons. The van der Waals surface area contributed by atoms with E-state index in [9.17, 15) is 40.5 Å². The first-order valence-electron chi connectivity index (χ1n) is 33.6. The van der Waals surface area contributed by atoms with E-state index in [4.69, 9.17) is 28.4 Å². The summed E-state index contributed by atoms with van der Waals surface area (Å²) in [6.45, 7) is 3.72. The van der Waals surface area contributed by atoms with Crippen LogP contribution in [0.4, 0.5) is 0 Å². The van der Waals surface area contributed by atoms with Crippen LogP contribution in [0.1, 0.15) is 284 Å². The van der Waals surface area contributed by atoms with Gasteiger partial charge in [0.15, 0.2) is 12.6 Å². The second-order valence-electron chi connectivity index (χ2n) is 23.7. The van der Waals surface area contributed by atoms with Crippen molar-refractivity contribution in [3.8, 4) is 0 Å². The molecule has 2 fully saturated rings. The molecule has 14 nitrogen and oxygen atoms in total. The number of ether oxygens (including phenoxy) is 6. The lowest BCUT2D eigenvalue weighted by atomic mass is 9.98. The number of rotatable bonds is 56. The Hall–Kier alpha value is -1.79. The zero-order chi connectivity index (χ0) is 58.6. The lowest BCUT2D eigenvalue weighted by molar-refractivity contribution is -0.332. The summed E-state index contributed by atoms with van der Waals surface area (Å²) in [5.74, 6) is -0.373. The van der Waals surface area contributed by atoms with Gasteiger partial charge in [-0.15, -0.1) is 0 Å². The van der Waals surface area contributed by atoms with Gasteiger partial charge in [-0.1, -0.05) is 262 Å². The zero-order valence-corrected chi connectivity index (χ0v) is 51.5. The average Bonchev–Trinajstić information content (AvgIpc) is 3.57. The van der Waals surface area contributed by atoms with Crippen LogP contribution in [0.2, 0.25) is 0 Å². The number of hydrogen-bond acceptors (Lipinski definition) is 14. The second kappa shape index (κ2) is 53.7. The molecular formula is C67H124O14. The van der Waals surface area contributed by atoms with Crippen LogP contribution in [0.3, 0.4) is 0 Å². The number of carbonyl (C=O) groups is 1. The standard InChI is InChI=1S/C67H124O14/c1-3-5-7-9-11-13-15-17-19-21-23-25-27-28-29-30-32-34-36-38-40-42-44-46-48-50-59(69)79-56(53-76-51-49-47-45-43-41-39-37-35-33-31-26-24-22-20-18-16-14-12-10-8-6-4-2)54-77-66-65(75)63(73)61(71)58(81-66)55-78-67-64(74)62(72)60(70)57(52-68)80-67/h16,18,22,24,31,33,56-58,60-68,70-75H,3-15,17,19-21,23,25-30,32,34-55H2,1-2H3/b18-16-,24-22-,33-31-. The normalized spacial score (nSPS) is 23.9. The van der Waals surface area contributed by atoms with Crippen LogP contribution in [-0.2, 0) is 33.2 Å². The average molecular weight is 1150 g/mol. The van der Waals surface area contributed by atoms with Crippen molar-refractivity contribution in [2.75, 3.05) is 33.0 Å². The van der Waals surface area contributed by atoms with Crippen molar-refractivity contribution in [1.82, 2.24) is 0 Å². The number of esters is 1. The molecule has 0 aromatic carbocycles. The van der Waals surface area contributed by atoms with Crippen LogP contribution in [0.15, 0.2) is 36.5 Å². The Labute approximate surface area is 493 Å². The van der Waals surface area contributed by atoms with Gasteiger partial charge in [-0.25, -0.2) is 0 Å². The van der Waals surface area contributed by atoms with Crippen LogP contribution in [0, 0.1) is 0 Å². The number of carbonyl (C=O) groups excluding carboxylic acids is 1. The molecule has 0 amide bonds. The van der Waals surface area contributed by atoms with Gasteiger partial charge in [-0.05, 0) is 51.4 Å². The Morgan fingerprint density at radius 1 is 0.407 bits per heavy atom. The molecular weight excluding hydrogens is 1030 g/mol. The lowest BCUT2D eigenvalue weighted by Crippen LogP contribution is -2.61. The summed E-state index contributed by atoms with van der Waals surface area (Å²) in [6, 6.07) is 0. The SMILES string of the molecule is CCCCCCC/C=C\C/C=C\C/C=C\CCCCCCCCCOCC(COC1OC(COC2OC(CO)C(O)C(O)C2O)C(O)C(O)C1O)OC(=O)CCCCCCCCCCCCCCCCCCCCCCCCCCC. The Morgan fingerprint density at radius 3 is 1.20 bits per heavy atom. The Kier molecular flexibility index (Phi) is 49.9. The Morgan fingerprint density at radius 2 is 0.765 bits per heavy atom. The van der Waals surface area contributed by atoms with Crippen molar-refractivity contribution >= 4 is 5.97 Å². The summed E-state index contributed by atoms with van der Waals surface area (Å²) in [4.78, 5) is 13.1. The molecule has 0 saturated carbocycles. The van der Waals surface area contributed by atoms with Gasteiger partial charge in [0.05, 0.1) is 26.4 Å². The van der Waals surface area contributed by atoms with Gasteiger partial charge in [-0.2, -0.15) is 0 Å². The van der Waals surface area contributed by atoms with Crippen LogP contribution in [-0.4, -0.2) is 142 Å². The van der Waals surface area contributed by atoms with E-state index in [2.05, 4.69) is 50.3 Å². The molecule has 0 aromatic rings. The Balaban J connectivity index is 1.66. The summed E-state index contributed by atoms with van der Waals surface area (Å²) in [5, 5.41) is 72.5. The minimum atomic E-state index is -1.71. The van der Waals surface area contributed by atoms with Gasteiger partial charge in [-0.3, -0.25) is 4.79 Å². The summed E-state index contributed by atoms with van der Waals surface area (Å²) in [5.41, 5.74) is 0. The van der Waals surface area contributed by atoms with E-state index >= 15 is 0 Å². The lowest BCUT2D eigenvalue weighted by Gasteiger charge is -2.42. The summed E-state index contributed by atoms with van der Waals surface area (Å²) in [6.07, 6.45) is 49.3. The van der Waals surface area contributed by atoms with Gasteiger partial charge in [0.1, 0.15) is 54.9 Å².